The van der Waals surface area contributed by atoms with E-state index < -0.39 is 0 Å². The molecule has 2 aromatic heterocycles. The van der Waals surface area contributed by atoms with Crippen LogP contribution in [-0.2, 0) is 11.2 Å². The number of fused-ring (bicyclic) bond motifs is 1. The summed E-state index contributed by atoms with van der Waals surface area (Å²) in [6.45, 7) is 7.54. The molecule has 0 bridgehead atoms. The first kappa shape index (κ1) is 20.1. The van der Waals surface area contributed by atoms with Gasteiger partial charge in [-0.1, -0.05) is 6.07 Å². The summed E-state index contributed by atoms with van der Waals surface area (Å²) in [6.07, 6.45) is 3.02. The number of nitrogens with one attached hydrogen (secondary N) is 1. The number of benzene rings is 1. The predicted octanol–water partition coefficient (Wildman–Crippen LogP) is 3.46. The van der Waals surface area contributed by atoms with Gasteiger partial charge in [0.1, 0.15) is 0 Å². The molecule has 1 saturated heterocycles. The van der Waals surface area contributed by atoms with Gasteiger partial charge in [0, 0.05) is 48.2 Å². The van der Waals surface area contributed by atoms with Crippen LogP contribution in [0.3, 0.4) is 0 Å². The summed E-state index contributed by atoms with van der Waals surface area (Å²) in [5.41, 5.74) is 5.99. The lowest BCUT2D eigenvalue weighted by molar-refractivity contribution is -0.116. The predicted molar refractivity (Wildman–Crippen MR) is 116 cm³/mol. The first-order valence-corrected chi connectivity index (χ1v) is 10.4. The standard InChI is InChI=1S/C23H27N5O2/c1-15-13-21-24-16(2)20(17(3)28(21)26-15)9-10-22(29)25-19-8-6-7-18(14-19)23(30)27-11-4-5-12-27/h6-8,13-14H,4-5,9-12H2,1-3H3,(H,25,29). The van der Waals surface area contributed by atoms with Gasteiger partial charge in [-0.05, 0) is 63.8 Å². The van der Waals surface area contributed by atoms with Gasteiger partial charge in [-0.3, -0.25) is 9.59 Å². The molecule has 1 aliphatic rings. The van der Waals surface area contributed by atoms with E-state index in [1.807, 2.05) is 48.4 Å². The molecule has 3 aromatic rings. The third kappa shape index (κ3) is 4.06. The Morgan fingerprint density at radius 2 is 1.87 bits per heavy atom. The molecule has 4 rings (SSSR count). The Kier molecular flexibility index (Phi) is 5.53. The number of hydrogen-bond acceptors (Lipinski definition) is 4. The molecule has 1 fully saturated rings. The van der Waals surface area contributed by atoms with Crippen molar-refractivity contribution in [1.82, 2.24) is 19.5 Å². The van der Waals surface area contributed by atoms with E-state index in [9.17, 15) is 9.59 Å². The largest absolute Gasteiger partial charge is 0.339 e. The Morgan fingerprint density at radius 3 is 2.63 bits per heavy atom. The summed E-state index contributed by atoms with van der Waals surface area (Å²) in [5.74, 6) is -0.0555. The number of amides is 2. The maximum absolute atomic E-state index is 12.6. The van der Waals surface area contributed by atoms with Gasteiger partial charge in [0.05, 0.1) is 5.69 Å². The van der Waals surface area contributed by atoms with Crippen LogP contribution in [0.5, 0.6) is 0 Å². The fourth-order valence-corrected chi connectivity index (χ4v) is 4.10. The fourth-order valence-electron chi connectivity index (χ4n) is 4.10. The molecule has 0 unspecified atom stereocenters. The van der Waals surface area contributed by atoms with Crippen molar-refractivity contribution in [3.05, 3.63) is 58.5 Å². The first-order chi connectivity index (χ1) is 14.4. The molecule has 1 aliphatic heterocycles. The third-order valence-electron chi connectivity index (χ3n) is 5.67. The summed E-state index contributed by atoms with van der Waals surface area (Å²) < 4.78 is 1.84. The molecule has 0 saturated carbocycles. The lowest BCUT2D eigenvalue weighted by atomic mass is 10.1. The third-order valence-corrected chi connectivity index (χ3v) is 5.67. The molecule has 1 N–H and O–H groups in total. The van der Waals surface area contributed by atoms with E-state index in [0.29, 0.717) is 24.1 Å². The van der Waals surface area contributed by atoms with E-state index in [1.165, 1.54) is 0 Å². The molecule has 156 valence electrons. The molecule has 0 radical (unpaired) electrons. The Morgan fingerprint density at radius 1 is 1.10 bits per heavy atom. The van der Waals surface area contributed by atoms with Crippen molar-refractivity contribution in [3.63, 3.8) is 0 Å². The highest BCUT2D eigenvalue weighted by Crippen LogP contribution is 2.19. The van der Waals surface area contributed by atoms with E-state index in [4.69, 9.17) is 0 Å². The van der Waals surface area contributed by atoms with Crippen LogP contribution in [0.4, 0.5) is 5.69 Å². The Bertz CT molecular complexity index is 1110. The maximum atomic E-state index is 12.6. The average molecular weight is 406 g/mol. The smallest absolute Gasteiger partial charge is 0.253 e. The zero-order chi connectivity index (χ0) is 21.3. The molecule has 3 heterocycles. The number of carbonyl (C=O) groups excluding carboxylic acids is 2. The van der Waals surface area contributed by atoms with Crippen molar-refractivity contribution in [2.75, 3.05) is 18.4 Å². The number of aryl methyl sites for hydroxylation is 3. The van der Waals surface area contributed by atoms with Gasteiger partial charge in [-0.15, -0.1) is 0 Å². The highest BCUT2D eigenvalue weighted by atomic mass is 16.2. The quantitative estimate of drug-likeness (QED) is 0.705. The van der Waals surface area contributed by atoms with E-state index >= 15 is 0 Å². The Hall–Kier alpha value is -3.22. The summed E-state index contributed by atoms with van der Waals surface area (Å²) in [4.78, 5) is 31.6. The number of hydrogen-bond donors (Lipinski definition) is 1. The van der Waals surface area contributed by atoms with Crippen molar-refractivity contribution >= 4 is 23.1 Å². The molecule has 7 heteroatoms. The molecule has 7 nitrogen and oxygen atoms in total. The summed E-state index contributed by atoms with van der Waals surface area (Å²) in [6, 6.07) is 9.14. The molecular weight excluding hydrogens is 378 g/mol. The molecule has 0 aliphatic carbocycles. The highest BCUT2D eigenvalue weighted by Gasteiger charge is 2.20. The monoisotopic (exact) mass is 405 g/mol. The lowest BCUT2D eigenvalue weighted by Gasteiger charge is -2.16. The van der Waals surface area contributed by atoms with Crippen LogP contribution in [0.15, 0.2) is 30.3 Å². The number of likely N-dealkylation sites (tertiary alicyclic amines) is 1. The van der Waals surface area contributed by atoms with Crippen LogP contribution >= 0.6 is 0 Å². The maximum Gasteiger partial charge on any atom is 0.253 e. The van der Waals surface area contributed by atoms with Gasteiger partial charge < -0.3 is 10.2 Å². The average Bonchev–Trinajstić information content (AvgIpc) is 3.37. The summed E-state index contributed by atoms with van der Waals surface area (Å²) in [7, 11) is 0. The van der Waals surface area contributed by atoms with E-state index in [0.717, 1.165) is 54.2 Å². The van der Waals surface area contributed by atoms with E-state index in [1.54, 1.807) is 12.1 Å². The van der Waals surface area contributed by atoms with Crippen molar-refractivity contribution in [1.29, 1.82) is 0 Å². The number of aromatic nitrogens is 3. The van der Waals surface area contributed by atoms with Gasteiger partial charge in [0.15, 0.2) is 5.65 Å². The zero-order valence-corrected chi connectivity index (χ0v) is 17.7. The van der Waals surface area contributed by atoms with Gasteiger partial charge in [0.2, 0.25) is 5.91 Å². The number of nitrogens with zero attached hydrogens (tertiary/aromatic N) is 4. The number of rotatable bonds is 5. The minimum Gasteiger partial charge on any atom is -0.339 e. The second-order valence-electron chi connectivity index (χ2n) is 7.95. The topological polar surface area (TPSA) is 79.6 Å². The van der Waals surface area contributed by atoms with Crippen LogP contribution < -0.4 is 5.32 Å². The second-order valence-corrected chi connectivity index (χ2v) is 7.95. The summed E-state index contributed by atoms with van der Waals surface area (Å²) in [5, 5.41) is 7.41. The number of carbonyl (C=O) groups is 2. The van der Waals surface area contributed by atoms with Crippen LogP contribution in [0, 0.1) is 20.8 Å². The van der Waals surface area contributed by atoms with Crippen LogP contribution in [0.1, 0.15) is 52.3 Å². The van der Waals surface area contributed by atoms with Crippen molar-refractivity contribution < 1.29 is 9.59 Å². The normalized spacial score (nSPS) is 13.8. The fraction of sp³-hybridized carbons (Fsp3) is 0.391. The Labute approximate surface area is 176 Å². The minimum atomic E-state index is -0.0867. The Balaban J connectivity index is 1.42. The minimum absolute atomic E-state index is 0.0312. The molecule has 30 heavy (non-hydrogen) atoms. The second kappa shape index (κ2) is 8.26. The molecule has 1 aromatic carbocycles. The summed E-state index contributed by atoms with van der Waals surface area (Å²) >= 11 is 0. The van der Waals surface area contributed by atoms with Crippen LogP contribution in [-0.4, -0.2) is 44.4 Å². The number of anilines is 1. The van der Waals surface area contributed by atoms with Crippen LogP contribution in [0.2, 0.25) is 0 Å². The first-order valence-electron chi connectivity index (χ1n) is 10.4. The zero-order valence-electron chi connectivity index (χ0n) is 17.7. The van der Waals surface area contributed by atoms with E-state index in [2.05, 4.69) is 15.4 Å². The molecular formula is C23H27N5O2. The van der Waals surface area contributed by atoms with Crippen molar-refractivity contribution in [2.24, 2.45) is 0 Å². The van der Waals surface area contributed by atoms with E-state index in [-0.39, 0.29) is 11.8 Å². The van der Waals surface area contributed by atoms with Gasteiger partial charge in [-0.2, -0.15) is 5.10 Å². The van der Waals surface area contributed by atoms with Crippen molar-refractivity contribution in [2.45, 2.75) is 46.5 Å². The molecule has 0 atom stereocenters. The van der Waals surface area contributed by atoms with Gasteiger partial charge in [0.25, 0.3) is 5.91 Å². The van der Waals surface area contributed by atoms with Crippen LogP contribution in [0.25, 0.3) is 5.65 Å². The molecule has 2 amide bonds. The van der Waals surface area contributed by atoms with Crippen molar-refractivity contribution in [3.8, 4) is 0 Å². The lowest BCUT2D eigenvalue weighted by Crippen LogP contribution is -2.27. The van der Waals surface area contributed by atoms with Gasteiger partial charge in [-0.25, -0.2) is 9.50 Å². The highest BCUT2D eigenvalue weighted by molar-refractivity contribution is 5.97. The SMILES string of the molecule is Cc1cc2nc(C)c(CCC(=O)Nc3cccc(C(=O)N4CCCC4)c3)c(C)n2n1. The van der Waals surface area contributed by atoms with Gasteiger partial charge >= 0.3 is 0 Å². The molecule has 0 spiro atoms.